The zero-order valence-corrected chi connectivity index (χ0v) is 14.5. The van der Waals surface area contributed by atoms with E-state index in [-0.39, 0.29) is 0 Å². The topological polar surface area (TPSA) is 62.8 Å². The van der Waals surface area contributed by atoms with Crippen LogP contribution >= 0.6 is 0 Å². The van der Waals surface area contributed by atoms with Gasteiger partial charge in [0.2, 0.25) is 5.88 Å². The third kappa shape index (κ3) is 4.26. The number of hydrogen-bond acceptors (Lipinski definition) is 4. The molecule has 2 heterocycles. The van der Waals surface area contributed by atoms with Gasteiger partial charge in [0, 0.05) is 28.9 Å². The highest BCUT2D eigenvalue weighted by Gasteiger charge is 2.05. The van der Waals surface area contributed by atoms with Crippen molar-refractivity contribution >= 4 is 16.7 Å². The second kappa shape index (κ2) is 8.15. The molecule has 0 radical (unpaired) electrons. The molecule has 0 spiro atoms. The normalized spacial score (nSPS) is 13.0. The van der Waals surface area contributed by atoms with E-state index in [4.69, 9.17) is 4.74 Å². The van der Waals surface area contributed by atoms with Gasteiger partial charge in [-0.2, -0.15) is 0 Å². The number of ether oxygens (including phenoxy) is 1. The predicted octanol–water partition coefficient (Wildman–Crippen LogP) is 5.42. The maximum absolute atomic E-state index is 5.84. The fourth-order valence-electron chi connectivity index (χ4n) is 2.53. The van der Waals surface area contributed by atoms with Gasteiger partial charge in [-0.05, 0) is 43.2 Å². The van der Waals surface area contributed by atoms with Crippen LogP contribution in [0.2, 0.25) is 0 Å². The van der Waals surface area contributed by atoms with Crippen molar-refractivity contribution in [3.8, 4) is 11.6 Å². The molecule has 0 unspecified atom stereocenters. The van der Waals surface area contributed by atoms with E-state index in [2.05, 4.69) is 38.5 Å². The summed E-state index contributed by atoms with van der Waals surface area (Å²) in [5.41, 5.74) is 2.13. The van der Waals surface area contributed by atoms with Crippen molar-refractivity contribution in [3.63, 3.8) is 0 Å². The summed E-state index contributed by atoms with van der Waals surface area (Å²) in [6.45, 7) is 4.00. The van der Waals surface area contributed by atoms with Gasteiger partial charge in [0.1, 0.15) is 17.9 Å². The smallest absolute Gasteiger partial charge is 0.224 e. The van der Waals surface area contributed by atoms with Crippen molar-refractivity contribution in [1.82, 2.24) is 15.0 Å². The largest absolute Gasteiger partial charge is 0.439 e. The molecular formula is C20H22N4O. The molecule has 1 aromatic carbocycles. The van der Waals surface area contributed by atoms with Crippen LogP contribution in [-0.2, 0) is 0 Å². The number of hydrogen-bond donors (Lipinski definition) is 2. The zero-order chi connectivity index (χ0) is 17.5. The number of fused-ring (bicyclic) bond motifs is 1. The molecule has 3 aromatic rings. The highest BCUT2D eigenvalue weighted by Crippen LogP contribution is 2.25. The SMILES string of the molecule is C1=CC(Nc2cc(Oc3ccc4[nH]ccc4c3)ncn2)=CCC1.CC. The molecule has 0 saturated carbocycles. The Morgan fingerprint density at radius 3 is 2.84 bits per heavy atom. The Morgan fingerprint density at radius 2 is 2.00 bits per heavy atom. The molecule has 0 bridgehead atoms. The lowest BCUT2D eigenvalue weighted by Gasteiger charge is -2.10. The van der Waals surface area contributed by atoms with Gasteiger partial charge in [-0.25, -0.2) is 9.97 Å². The van der Waals surface area contributed by atoms with Gasteiger partial charge in [0.05, 0.1) is 0 Å². The summed E-state index contributed by atoms with van der Waals surface area (Å²) < 4.78 is 5.84. The van der Waals surface area contributed by atoms with E-state index in [0.717, 1.165) is 41.0 Å². The predicted molar refractivity (Wildman–Crippen MR) is 102 cm³/mol. The molecule has 5 nitrogen and oxygen atoms in total. The lowest BCUT2D eigenvalue weighted by atomic mass is 10.1. The molecule has 4 rings (SSSR count). The molecule has 0 aliphatic heterocycles. The third-order valence-electron chi connectivity index (χ3n) is 3.66. The van der Waals surface area contributed by atoms with Crippen LogP contribution < -0.4 is 10.1 Å². The fourth-order valence-corrected chi connectivity index (χ4v) is 2.53. The first kappa shape index (κ1) is 16.8. The van der Waals surface area contributed by atoms with Gasteiger partial charge in [-0.3, -0.25) is 0 Å². The van der Waals surface area contributed by atoms with Gasteiger partial charge in [-0.1, -0.05) is 26.0 Å². The van der Waals surface area contributed by atoms with E-state index in [1.54, 1.807) is 6.07 Å². The molecule has 0 amide bonds. The first-order chi connectivity index (χ1) is 12.4. The van der Waals surface area contributed by atoms with E-state index in [9.17, 15) is 0 Å². The van der Waals surface area contributed by atoms with Crippen LogP contribution in [0.3, 0.4) is 0 Å². The Labute approximate surface area is 147 Å². The summed E-state index contributed by atoms with van der Waals surface area (Å²) in [5.74, 6) is 1.98. The van der Waals surface area contributed by atoms with E-state index in [1.807, 2.05) is 44.3 Å². The summed E-state index contributed by atoms with van der Waals surface area (Å²) in [5, 5.41) is 4.37. The highest BCUT2D eigenvalue weighted by molar-refractivity contribution is 5.80. The lowest BCUT2D eigenvalue weighted by molar-refractivity contribution is 0.462. The van der Waals surface area contributed by atoms with Crippen LogP contribution in [-0.4, -0.2) is 15.0 Å². The number of allylic oxidation sites excluding steroid dienone is 3. The van der Waals surface area contributed by atoms with Crippen LogP contribution in [0.25, 0.3) is 10.9 Å². The summed E-state index contributed by atoms with van der Waals surface area (Å²) in [6.07, 6.45) is 11.9. The summed E-state index contributed by atoms with van der Waals surface area (Å²) in [7, 11) is 0. The summed E-state index contributed by atoms with van der Waals surface area (Å²) in [6, 6.07) is 9.69. The van der Waals surface area contributed by atoms with Gasteiger partial charge < -0.3 is 15.0 Å². The quantitative estimate of drug-likeness (QED) is 0.668. The monoisotopic (exact) mass is 334 g/mol. The molecule has 2 N–H and O–H groups in total. The minimum Gasteiger partial charge on any atom is -0.439 e. The van der Waals surface area contributed by atoms with Crippen LogP contribution in [0.5, 0.6) is 11.6 Å². The maximum Gasteiger partial charge on any atom is 0.224 e. The van der Waals surface area contributed by atoms with Crippen molar-refractivity contribution in [2.24, 2.45) is 0 Å². The van der Waals surface area contributed by atoms with Crippen molar-refractivity contribution in [1.29, 1.82) is 0 Å². The molecule has 0 atom stereocenters. The van der Waals surface area contributed by atoms with Crippen LogP contribution in [0.1, 0.15) is 26.7 Å². The molecule has 1 aliphatic rings. The molecule has 0 fully saturated rings. The minimum absolute atomic E-state index is 0.512. The molecule has 2 aromatic heterocycles. The molecule has 0 saturated heterocycles. The fraction of sp³-hybridized carbons (Fsp3) is 0.200. The molecule has 5 heteroatoms. The average molecular weight is 334 g/mol. The Balaban J connectivity index is 0.000000880. The number of rotatable bonds is 4. The van der Waals surface area contributed by atoms with Gasteiger partial charge in [0.15, 0.2) is 0 Å². The van der Waals surface area contributed by atoms with E-state index in [1.165, 1.54) is 6.33 Å². The highest BCUT2D eigenvalue weighted by atomic mass is 16.5. The summed E-state index contributed by atoms with van der Waals surface area (Å²) in [4.78, 5) is 11.6. The molecular weight excluding hydrogens is 312 g/mol. The Kier molecular flexibility index (Phi) is 5.46. The lowest BCUT2D eigenvalue weighted by Crippen LogP contribution is -2.02. The van der Waals surface area contributed by atoms with Crippen molar-refractivity contribution in [3.05, 3.63) is 66.8 Å². The minimum atomic E-state index is 0.512. The number of nitrogens with zero attached hydrogens (tertiary/aromatic N) is 2. The van der Waals surface area contributed by atoms with Gasteiger partial charge >= 0.3 is 0 Å². The van der Waals surface area contributed by atoms with Gasteiger partial charge in [0.25, 0.3) is 0 Å². The number of H-pyrrole nitrogens is 1. The Bertz CT molecular complexity index is 895. The summed E-state index contributed by atoms with van der Waals surface area (Å²) >= 11 is 0. The Morgan fingerprint density at radius 1 is 1.08 bits per heavy atom. The molecule has 1 aliphatic carbocycles. The molecule has 25 heavy (non-hydrogen) atoms. The zero-order valence-electron chi connectivity index (χ0n) is 14.5. The standard InChI is InChI=1S/C18H16N4O.C2H6/c1-2-4-14(5-3-1)22-17-11-18(21-12-20-17)23-15-6-7-16-13(10-15)8-9-19-16;1-2/h2,4-12,19H,1,3H2,(H,20,21,22);1-2H3. The average Bonchev–Trinajstić information content (AvgIpc) is 3.12. The van der Waals surface area contributed by atoms with E-state index < -0.39 is 0 Å². The third-order valence-corrected chi connectivity index (χ3v) is 3.66. The second-order valence-electron chi connectivity index (χ2n) is 5.33. The van der Waals surface area contributed by atoms with Crippen molar-refractivity contribution < 1.29 is 4.74 Å². The number of anilines is 1. The number of aromatic nitrogens is 3. The van der Waals surface area contributed by atoms with E-state index >= 15 is 0 Å². The van der Waals surface area contributed by atoms with Crippen LogP contribution in [0.4, 0.5) is 5.82 Å². The van der Waals surface area contributed by atoms with Crippen LogP contribution in [0.15, 0.2) is 66.8 Å². The number of aromatic amines is 1. The molecule has 128 valence electrons. The Hall–Kier alpha value is -3.08. The van der Waals surface area contributed by atoms with Crippen LogP contribution in [0, 0.1) is 0 Å². The van der Waals surface area contributed by atoms with Gasteiger partial charge in [-0.15, -0.1) is 0 Å². The number of nitrogens with one attached hydrogen (secondary N) is 2. The van der Waals surface area contributed by atoms with E-state index in [0.29, 0.717) is 5.88 Å². The maximum atomic E-state index is 5.84. The first-order valence-electron chi connectivity index (χ1n) is 8.58. The second-order valence-corrected chi connectivity index (χ2v) is 5.33. The van der Waals surface area contributed by atoms with Crippen molar-refractivity contribution in [2.75, 3.05) is 5.32 Å². The van der Waals surface area contributed by atoms with Crippen molar-refractivity contribution in [2.45, 2.75) is 26.7 Å². The number of benzene rings is 1. The first-order valence-corrected chi connectivity index (χ1v) is 8.58.